The molecule has 0 atom stereocenters. The maximum atomic E-state index is 6.27. The molecule has 3 heterocycles. The molecule has 1 aliphatic carbocycles. The van der Waals surface area contributed by atoms with Gasteiger partial charge in [0, 0.05) is 44.0 Å². The van der Waals surface area contributed by atoms with Crippen molar-refractivity contribution in [1.29, 1.82) is 0 Å². The van der Waals surface area contributed by atoms with E-state index in [4.69, 9.17) is 9.84 Å². The van der Waals surface area contributed by atoms with Crippen LogP contribution in [0, 0.1) is 0 Å². The maximum Gasteiger partial charge on any atom is 0.0802 e. The van der Waals surface area contributed by atoms with E-state index in [0.717, 1.165) is 32.8 Å². The molecular formula is C21H36N4O. The molecule has 0 unspecified atom stereocenters. The number of ether oxygens (including phenoxy) is 1. The van der Waals surface area contributed by atoms with Gasteiger partial charge in [-0.25, -0.2) is 0 Å². The van der Waals surface area contributed by atoms with Crippen LogP contribution in [0.1, 0.15) is 74.2 Å². The largest absolute Gasteiger partial charge is 0.375 e. The summed E-state index contributed by atoms with van der Waals surface area (Å²) in [6, 6.07) is 0. The van der Waals surface area contributed by atoms with Gasteiger partial charge >= 0.3 is 0 Å². The van der Waals surface area contributed by atoms with E-state index < -0.39 is 0 Å². The maximum absolute atomic E-state index is 6.27. The second-order valence-electron chi connectivity index (χ2n) is 8.74. The first-order valence-corrected chi connectivity index (χ1v) is 10.8. The molecule has 1 aromatic heterocycles. The SMILES string of the molecule is CNCCN(C)Cc1nn2c(c1C1CCC3(CCCCO3)CC1)CCC2. The first-order chi connectivity index (χ1) is 12.7. The number of likely N-dealkylation sites (N-methyl/N-ethyl adjacent to an activating group) is 2. The standard InChI is InChI=1S/C21H36N4O/c1-22-12-14-24(2)16-18-20(19-6-5-13-25(19)23-18)17-7-10-21(11-8-17)9-3-4-15-26-21/h17,22H,3-16H2,1-2H3. The van der Waals surface area contributed by atoms with Crippen LogP contribution in [0.15, 0.2) is 0 Å². The average Bonchev–Trinajstić information content (AvgIpc) is 3.23. The summed E-state index contributed by atoms with van der Waals surface area (Å²) in [5, 5.41) is 8.29. The quantitative estimate of drug-likeness (QED) is 0.847. The second kappa shape index (κ2) is 7.99. The Morgan fingerprint density at radius 3 is 2.81 bits per heavy atom. The highest BCUT2D eigenvalue weighted by atomic mass is 16.5. The van der Waals surface area contributed by atoms with Crippen LogP contribution in [0.3, 0.4) is 0 Å². The van der Waals surface area contributed by atoms with Gasteiger partial charge in [0.25, 0.3) is 0 Å². The van der Waals surface area contributed by atoms with Crippen LogP contribution in [0.4, 0.5) is 0 Å². The van der Waals surface area contributed by atoms with Gasteiger partial charge < -0.3 is 10.1 Å². The first-order valence-electron chi connectivity index (χ1n) is 10.8. The topological polar surface area (TPSA) is 42.3 Å². The van der Waals surface area contributed by atoms with Gasteiger partial charge in [0.15, 0.2) is 0 Å². The summed E-state index contributed by atoms with van der Waals surface area (Å²) in [6.07, 6.45) is 11.4. The lowest BCUT2D eigenvalue weighted by atomic mass is 9.72. The van der Waals surface area contributed by atoms with Gasteiger partial charge in [0.2, 0.25) is 0 Å². The van der Waals surface area contributed by atoms with Crippen LogP contribution in [-0.4, -0.2) is 54.1 Å². The van der Waals surface area contributed by atoms with Crippen molar-refractivity contribution in [2.24, 2.45) is 0 Å². The van der Waals surface area contributed by atoms with Gasteiger partial charge in [0.05, 0.1) is 11.3 Å². The number of aryl methyl sites for hydroxylation is 1. The van der Waals surface area contributed by atoms with Gasteiger partial charge in [-0.3, -0.25) is 9.58 Å². The monoisotopic (exact) mass is 360 g/mol. The fraction of sp³-hybridized carbons (Fsp3) is 0.857. The molecule has 5 nitrogen and oxygen atoms in total. The minimum absolute atomic E-state index is 0.217. The van der Waals surface area contributed by atoms with E-state index in [0.29, 0.717) is 5.92 Å². The minimum Gasteiger partial charge on any atom is -0.375 e. The summed E-state index contributed by atoms with van der Waals surface area (Å²) in [5.41, 5.74) is 4.73. The molecule has 0 radical (unpaired) electrons. The van der Waals surface area contributed by atoms with E-state index >= 15 is 0 Å². The molecule has 1 aromatic rings. The Bertz CT molecular complexity index is 595. The van der Waals surface area contributed by atoms with Crippen LogP contribution in [0.25, 0.3) is 0 Å². The van der Waals surface area contributed by atoms with Crippen LogP contribution >= 0.6 is 0 Å². The van der Waals surface area contributed by atoms with E-state index in [1.807, 2.05) is 7.05 Å². The third kappa shape index (κ3) is 3.71. The highest BCUT2D eigenvalue weighted by molar-refractivity contribution is 5.33. The fourth-order valence-corrected chi connectivity index (χ4v) is 5.37. The normalized spacial score (nSPS) is 28.8. The predicted molar refractivity (Wildman–Crippen MR) is 105 cm³/mol. The highest BCUT2D eigenvalue weighted by Gasteiger charge is 2.39. The summed E-state index contributed by atoms with van der Waals surface area (Å²) in [4.78, 5) is 2.41. The highest BCUT2D eigenvalue weighted by Crippen LogP contribution is 2.46. The lowest BCUT2D eigenvalue weighted by Crippen LogP contribution is -2.39. The van der Waals surface area contributed by atoms with E-state index in [9.17, 15) is 0 Å². The number of aromatic nitrogens is 2. The lowest BCUT2D eigenvalue weighted by molar-refractivity contribution is -0.102. The Labute approximate surface area is 158 Å². The average molecular weight is 361 g/mol. The molecule has 1 saturated carbocycles. The Morgan fingerprint density at radius 2 is 2.08 bits per heavy atom. The molecular weight excluding hydrogens is 324 g/mol. The summed E-state index contributed by atoms with van der Waals surface area (Å²) in [7, 11) is 4.24. The number of nitrogens with zero attached hydrogens (tertiary/aromatic N) is 3. The molecule has 26 heavy (non-hydrogen) atoms. The number of hydrogen-bond acceptors (Lipinski definition) is 4. The number of fused-ring (bicyclic) bond motifs is 1. The van der Waals surface area contributed by atoms with Gasteiger partial charge in [-0.05, 0) is 77.8 Å². The van der Waals surface area contributed by atoms with Crippen LogP contribution in [0.5, 0.6) is 0 Å². The predicted octanol–water partition coefficient (Wildman–Crippen LogP) is 3.08. The van der Waals surface area contributed by atoms with Crippen molar-refractivity contribution in [3.63, 3.8) is 0 Å². The van der Waals surface area contributed by atoms with Crippen LogP contribution in [-0.2, 0) is 24.2 Å². The zero-order valence-corrected chi connectivity index (χ0v) is 16.7. The van der Waals surface area contributed by atoms with Gasteiger partial charge in [0.1, 0.15) is 0 Å². The summed E-state index contributed by atoms with van der Waals surface area (Å²) in [5.74, 6) is 0.695. The van der Waals surface area contributed by atoms with Crippen molar-refractivity contribution in [1.82, 2.24) is 20.0 Å². The van der Waals surface area contributed by atoms with Gasteiger partial charge in [-0.1, -0.05) is 0 Å². The molecule has 0 amide bonds. The third-order valence-corrected chi connectivity index (χ3v) is 6.86. The van der Waals surface area contributed by atoms with Crippen molar-refractivity contribution < 1.29 is 4.74 Å². The molecule has 2 fully saturated rings. The number of nitrogens with one attached hydrogen (secondary N) is 1. The van der Waals surface area contributed by atoms with Gasteiger partial charge in [-0.15, -0.1) is 0 Å². The summed E-state index contributed by atoms with van der Waals surface area (Å²) < 4.78 is 8.59. The number of hydrogen-bond donors (Lipinski definition) is 1. The van der Waals surface area contributed by atoms with Crippen molar-refractivity contribution >= 4 is 0 Å². The van der Waals surface area contributed by atoms with E-state index in [2.05, 4.69) is 21.9 Å². The second-order valence-corrected chi connectivity index (χ2v) is 8.74. The van der Waals surface area contributed by atoms with Crippen molar-refractivity contribution in [2.45, 2.75) is 82.4 Å². The van der Waals surface area contributed by atoms with Crippen molar-refractivity contribution in [3.8, 4) is 0 Å². The zero-order valence-electron chi connectivity index (χ0n) is 16.7. The van der Waals surface area contributed by atoms with E-state index in [1.165, 1.54) is 63.5 Å². The van der Waals surface area contributed by atoms with Crippen LogP contribution < -0.4 is 5.32 Å². The molecule has 3 aliphatic rings. The Morgan fingerprint density at radius 1 is 1.23 bits per heavy atom. The Balaban J connectivity index is 1.48. The number of rotatable bonds is 6. The molecule has 0 aromatic carbocycles. The van der Waals surface area contributed by atoms with Gasteiger partial charge in [-0.2, -0.15) is 5.10 Å². The van der Waals surface area contributed by atoms with Crippen molar-refractivity contribution in [2.75, 3.05) is 33.8 Å². The summed E-state index contributed by atoms with van der Waals surface area (Å²) >= 11 is 0. The first kappa shape index (κ1) is 18.5. The fourth-order valence-electron chi connectivity index (χ4n) is 5.37. The molecule has 1 spiro atoms. The van der Waals surface area contributed by atoms with Crippen molar-refractivity contribution in [3.05, 3.63) is 17.0 Å². The smallest absolute Gasteiger partial charge is 0.0802 e. The minimum atomic E-state index is 0.217. The van der Waals surface area contributed by atoms with E-state index in [-0.39, 0.29) is 5.60 Å². The lowest BCUT2D eigenvalue weighted by Gasteiger charge is -2.43. The Kier molecular flexibility index (Phi) is 5.67. The molecule has 146 valence electrons. The Hall–Kier alpha value is -0.910. The third-order valence-electron chi connectivity index (χ3n) is 6.86. The molecule has 1 saturated heterocycles. The van der Waals surface area contributed by atoms with E-state index in [1.54, 1.807) is 11.3 Å². The molecule has 2 aliphatic heterocycles. The molecule has 1 N–H and O–H groups in total. The zero-order chi connectivity index (χ0) is 18.0. The molecule has 4 rings (SSSR count). The molecule has 5 heteroatoms. The summed E-state index contributed by atoms with van der Waals surface area (Å²) in [6.45, 7) is 5.18. The van der Waals surface area contributed by atoms with Crippen LogP contribution in [0.2, 0.25) is 0 Å². The molecule has 0 bridgehead atoms.